The van der Waals surface area contributed by atoms with Gasteiger partial charge in [0.05, 0.1) is 9.90 Å². The number of carbonyl (C=O) groups is 1. The van der Waals surface area contributed by atoms with E-state index in [0.29, 0.717) is 27.3 Å². The first-order valence-electron chi connectivity index (χ1n) is 4.57. The molecule has 0 aromatic carbocycles. The topological polar surface area (TPSA) is 46.3 Å². The monoisotopic (exact) mass is 264 g/mol. The first kappa shape index (κ1) is 11.2. The average Bonchev–Trinajstić information content (AvgIpc) is 2.71. The number of hydrogen-bond acceptors (Lipinski definition) is 3. The van der Waals surface area contributed by atoms with Gasteiger partial charge in [-0.1, -0.05) is 23.2 Å². The van der Waals surface area contributed by atoms with E-state index in [1.807, 2.05) is 0 Å². The molecular formula is C9H10Cl2N2OS. The van der Waals surface area contributed by atoms with Crippen molar-refractivity contribution in [1.29, 1.82) is 0 Å². The van der Waals surface area contributed by atoms with Crippen LogP contribution < -0.4 is 5.73 Å². The SMILES string of the molecule is NC1CCN(C(=O)c2cc(Cl)sc2Cl)C1. The summed E-state index contributed by atoms with van der Waals surface area (Å²) in [7, 11) is 0. The van der Waals surface area contributed by atoms with E-state index in [-0.39, 0.29) is 11.9 Å². The molecule has 0 spiro atoms. The molecule has 0 aliphatic carbocycles. The maximum absolute atomic E-state index is 12.0. The molecule has 82 valence electrons. The van der Waals surface area contributed by atoms with Crippen LogP contribution in [0.2, 0.25) is 8.67 Å². The Labute approximate surface area is 102 Å². The van der Waals surface area contributed by atoms with E-state index in [0.717, 1.165) is 6.42 Å². The van der Waals surface area contributed by atoms with E-state index < -0.39 is 0 Å². The Morgan fingerprint density at radius 1 is 1.60 bits per heavy atom. The van der Waals surface area contributed by atoms with Crippen molar-refractivity contribution in [3.8, 4) is 0 Å². The van der Waals surface area contributed by atoms with Gasteiger partial charge in [0.2, 0.25) is 0 Å². The van der Waals surface area contributed by atoms with Crippen molar-refractivity contribution in [3.63, 3.8) is 0 Å². The molecule has 2 rings (SSSR count). The number of thiophene rings is 1. The lowest BCUT2D eigenvalue weighted by atomic mass is 10.3. The fourth-order valence-electron chi connectivity index (χ4n) is 1.63. The molecule has 1 aromatic rings. The standard InChI is InChI=1S/C9H10Cl2N2OS/c10-7-3-6(8(11)15-7)9(14)13-2-1-5(12)4-13/h3,5H,1-2,4,12H2. The predicted molar refractivity (Wildman–Crippen MR) is 62.8 cm³/mol. The molecule has 2 N–H and O–H groups in total. The Balaban J connectivity index is 2.17. The third-order valence-corrected chi connectivity index (χ3v) is 3.89. The van der Waals surface area contributed by atoms with Crippen LogP contribution in [0.3, 0.4) is 0 Å². The number of nitrogens with two attached hydrogens (primary N) is 1. The van der Waals surface area contributed by atoms with Crippen LogP contribution in [0.15, 0.2) is 6.07 Å². The van der Waals surface area contributed by atoms with Crippen LogP contribution in [0.25, 0.3) is 0 Å². The number of nitrogens with zero attached hydrogens (tertiary/aromatic N) is 1. The van der Waals surface area contributed by atoms with Crippen molar-refractivity contribution in [1.82, 2.24) is 4.90 Å². The van der Waals surface area contributed by atoms with E-state index in [1.54, 1.807) is 11.0 Å². The van der Waals surface area contributed by atoms with Gasteiger partial charge in [-0.05, 0) is 12.5 Å². The molecule has 2 heterocycles. The lowest BCUT2D eigenvalue weighted by molar-refractivity contribution is 0.0791. The van der Waals surface area contributed by atoms with Gasteiger partial charge < -0.3 is 10.6 Å². The number of amides is 1. The highest BCUT2D eigenvalue weighted by Gasteiger charge is 2.26. The highest BCUT2D eigenvalue weighted by molar-refractivity contribution is 7.20. The molecule has 1 amide bonds. The van der Waals surface area contributed by atoms with E-state index in [2.05, 4.69) is 0 Å². The van der Waals surface area contributed by atoms with Gasteiger partial charge in [-0.3, -0.25) is 4.79 Å². The molecule has 15 heavy (non-hydrogen) atoms. The lowest BCUT2D eigenvalue weighted by Crippen LogP contribution is -2.31. The van der Waals surface area contributed by atoms with Crippen molar-refractivity contribution in [3.05, 3.63) is 20.3 Å². The molecule has 1 aliphatic rings. The van der Waals surface area contributed by atoms with E-state index in [4.69, 9.17) is 28.9 Å². The summed E-state index contributed by atoms with van der Waals surface area (Å²) in [6.45, 7) is 1.30. The summed E-state index contributed by atoms with van der Waals surface area (Å²) in [5.74, 6) is -0.0731. The van der Waals surface area contributed by atoms with Crippen molar-refractivity contribution < 1.29 is 4.79 Å². The quantitative estimate of drug-likeness (QED) is 0.846. The lowest BCUT2D eigenvalue weighted by Gasteiger charge is -2.14. The zero-order valence-corrected chi connectivity index (χ0v) is 10.2. The number of likely N-dealkylation sites (tertiary alicyclic amines) is 1. The van der Waals surface area contributed by atoms with Crippen LogP contribution in [0, 0.1) is 0 Å². The number of halogens is 2. The molecule has 1 fully saturated rings. The molecule has 3 nitrogen and oxygen atoms in total. The zero-order chi connectivity index (χ0) is 11.0. The summed E-state index contributed by atoms with van der Waals surface area (Å²) in [6.07, 6.45) is 0.848. The minimum atomic E-state index is -0.0731. The van der Waals surface area contributed by atoms with Crippen molar-refractivity contribution in [2.75, 3.05) is 13.1 Å². The molecule has 1 aromatic heterocycles. The van der Waals surface area contributed by atoms with Crippen LogP contribution in [0.5, 0.6) is 0 Å². The van der Waals surface area contributed by atoms with Crippen LogP contribution in [-0.4, -0.2) is 29.9 Å². The Bertz CT molecular complexity index is 393. The van der Waals surface area contributed by atoms with Gasteiger partial charge in [0.25, 0.3) is 5.91 Å². The molecular weight excluding hydrogens is 255 g/mol. The van der Waals surface area contributed by atoms with Gasteiger partial charge in [0.15, 0.2) is 0 Å². The third-order valence-electron chi connectivity index (χ3n) is 2.40. The highest BCUT2D eigenvalue weighted by atomic mass is 35.5. The largest absolute Gasteiger partial charge is 0.337 e. The molecule has 1 atom stereocenters. The molecule has 0 saturated carbocycles. The Hall–Kier alpha value is -0.290. The average molecular weight is 265 g/mol. The second kappa shape index (κ2) is 4.29. The summed E-state index contributed by atoms with van der Waals surface area (Å²) in [5.41, 5.74) is 6.22. The summed E-state index contributed by atoms with van der Waals surface area (Å²) >= 11 is 12.9. The summed E-state index contributed by atoms with van der Waals surface area (Å²) in [5, 5.41) is 0. The van der Waals surface area contributed by atoms with E-state index >= 15 is 0 Å². The molecule has 1 saturated heterocycles. The van der Waals surface area contributed by atoms with Crippen molar-refractivity contribution >= 4 is 40.4 Å². The predicted octanol–water partition coefficient (Wildman–Crippen LogP) is 2.23. The Kier molecular flexibility index (Phi) is 3.21. The second-order valence-electron chi connectivity index (χ2n) is 3.54. The van der Waals surface area contributed by atoms with Crippen molar-refractivity contribution in [2.45, 2.75) is 12.5 Å². The number of carbonyl (C=O) groups excluding carboxylic acids is 1. The Morgan fingerprint density at radius 2 is 2.33 bits per heavy atom. The fourth-order valence-corrected chi connectivity index (χ4v) is 3.08. The smallest absolute Gasteiger partial charge is 0.256 e. The summed E-state index contributed by atoms with van der Waals surface area (Å²) < 4.78 is 0.984. The maximum Gasteiger partial charge on any atom is 0.256 e. The maximum atomic E-state index is 12.0. The highest BCUT2D eigenvalue weighted by Crippen LogP contribution is 2.32. The minimum Gasteiger partial charge on any atom is -0.337 e. The van der Waals surface area contributed by atoms with Crippen LogP contribution in [-0.2, 0) is 0 Å². The summed E-state index contributed by atoms with van der Waals surface area (Å²) in [6, 6.07) is 1.70. The number of rotatable bonds is 1. The molecule has 6 heteroatoms. The van der Waals surface area contributed by atoms with Crippen LogP contribution >= 0.6 is 34.5 Å². The second-order valence-corrected chi connectivity index (χ2v) is 5.82. The minimum absolute atomic E-state index is 0.0731. The van der Waals surface area contributed by atoms with Crippen molar-refractivity contribution in [2.24, 2.45) is 5.73 Å². The van der Waals surface area contributed by atoms with E-state index in [9.17, 15) is 4.79 Å². The van der Waals surface area contributed by atoms with Gasteiger partial charge in [-0.25, -0.2) is 0 Å². The van der Waals surface area contributed by atoms with Gasteiger partial charge in [-0.15, -0.1) is 11.3 Å². The molecule has 0 radical (unpaired) electrons. The molecule has 1 unspecified atom stereocenters. The normalized spacial score (nSPS) is 21.0. The van der Waals surface area contributed by atoms with Crippen LogP contribution in [0.4, 0.5) is 0 Å². The summed E-state index contributed by atoms with van der Waals surface area (Å²) in [4.78, 5) is 13.7. The van der Waals surface area contributed by atoms with Gasteiger partial charge in [-0.2, -0.15) is 0 Å². The molecule has 0 bridgehead atoms. The number of hydrogen-bond donors (Lipinski definition) is 1. The Morgan fingerprint density at radius 3 is 2.80 bits per heavy atom. The fraction of sp³-hybridized carbons (Fsp3) is 0.444. The van der Waals surface area contributed by atoms with Gasteiger partial charge in [0, 0.05) is 19.1 Å². The third kappa shape index (κ3) is 2.28. The first-order chi connectivity index (χ1) is 7.08. The molecule has 1 aliphatic heterocycles. The first-order valence-corrected chi connectivity index (χ1v) is 6.15. The zero-order valence-electron chi connectivity index (χ0n) is 7.87. The van der Waals surface area contributed by atoms with Gasteiger partial charge >= 0.3 is 0 Å². The van der Waals surface area contributed by atoms with Crippen LogP contribution in [0.1, 0.15) is 16.8 Å². The van der Waals surface area contributed by atoms with E-state index in [1.165, 1.54) is 11.3 Å². The van der Waals surface area contributed by atoms with Gasteiger partial charge in [0.1, 0.15) is 4.34 Å².